The van der Waals surface area contributed by atoms with Crippen LogP contribution in [0.4, 0.5) is 0 Å². The Bertz CT molecular complexity index is 375. The summed E-state index contributed by atoms with van der Waals surface area (Å²) in [6.07, 6.45) is 0. The molecule has 0 aromatic heterocycles. The summed E-state index contributed by atoms with van der Waals surface area (Å²) in [6.45, 7) is 4.20. The molecule has 84 valence electrons. The van der Waals surface area contributed by atoms with Crippen molar-refractivity contribution in [3.63, 3.8) is 0 Å². The van der Waals surface area contributed by atoms with E-state index in [9.17, 15) is 0 Å². The Hall–Kier alpha value is 2.10. The van der Waals surface area contributed by atoms with Crippen LogP contribution in [0.15, 0.2) is 22.4 Å². The maximum Gasteiger partial charge on any atom is 0.0482 e. The van der Waals surface area contributed by atoms with Gasteiger partial charge in [0.05, 0.1) is 0 Å². The van der Waals surface area contributed by atoms with Crippen LogP contribution < -0.4 is 0 Å². The van der Waals surface area contributed by atoms with Crippen LogP contribution in [-0.4, -0.2) is 0 Å². The van der Waals surface area contributed by atoms with Crippen LogP contribution in [-0.2, 0) is 4.32 Å². The Kier molecular flexibility index (Phi) is 5.45. The van der Waals surface area contributed by atoms with Crippen LogP contribution in [0.2, 0.25) is 0 Å². The Morgan fingerprint density at radius 1 is 0.667 bits per heavy atom. The van der Waals surface area contributed by atoms with E-state index in [1.165, 1.54) is 0 Å². The minimum Gasteiger partial charge on any atom is -0.0807 e. The molecule has 0 radical (unpaired) electrons. The van der Waals surface area contributed by atoms with Crippen molar-refractivity contribution in [1.82, 2.24) is 0 Å². The molecule has 1 rings (SSSR count). The van der Waals surface area contributed by atoms with E-state index in [4.69, 9.17) is 0 Å². The summed E-state index contributed by atoms with van der Waals surface area (Å²) < 4.78 is 4.94. The van der Waals surface area contributed by atoms with Gasteiger partial charge in [0.1, 0.15) is 0 Å². The maximum absolute atomic E-state index is 3.66. The minimum atomic E-state index is -0.115. The number of hydrogen-bond donors (Lipinski definition) is 0. The van der Waals surface area contributed by atoms with Gasteiger partial charge in [-0.3, -0.25) is 0 Å². The third-order valence-corrected chi connectivity index (χ3v) is 8.29. The highest BCUT2D eigenvalue weighted by Crippen LogP contribution is 2.49. The summed E-state index contributed by atoms with van der Waals surface area (Å²) in [7, 11) is 0. The van der Waals surface area contributed by atoms with Crippen LogP contribution in [0.1, 0.15) is 19.4 Å². The van der Waals surface area contributed by atoms with E-state index >= 15 is 0 Å². The molecule has 0 saturated carbocycles. The monoisotopic (exact) mass is 588 g/mol. The van der Waals surface area contributed by atoms with Crippen molar-refractivity contribution >= 4 is 95.6 Å². The quantitative estimate of drug-likeness (QED) is 0.185. The van der Waals surface area contributed by atoms with Crippen molar-refractivity contribution in [3.05, 3.63) is 27.9 Å². The molecule has 0 amide bonds. The maximum atomic E-state index is 3.66. The summed E-state index contributed by atoms with van der Waals surface area (Å²) in [6, 6.07) is 0. The summed E-state index contributed by atoms with van der Waals surface area (Å²) in [5.74, 6) is 0. The molecule has 0 atom stereocenters. The van der Waals surface area contributed by atoms with Crippen LogP contribution in [0, 0.1) is 0 Å². The van der Waals surface area contributed by atoms with Gasteiger partial charge in [0, 0.05) is 26.7 Å². The fraction of sp³-hybridized carbons (Fsp3) is 0.333. The predicted octanol–water partition coefficient (Wildman–Crippen LogP) is 7.13. The summed E-state index contributed by atoms with van der Waals surface area (Å²) in [5, 5.41) is 0. The number of hydrogen-bond acceptors (Lipinski definition) is 0. The van der Waals surface area contributed by atoms with E-state index in [2.05, 4.69) is 109 Å². The molecule has 0 heterocycles. The summed E-state index contributed by atoms with van der Waals surface area (Å²) in [5.41, 5.74) is 1.16. The molecule has 0 unspecified atom stereocenters. The van der Waals surface area contributed by atoms with E-state index in [0.717, 1.165) is 27.9 Å². The molecule has 0 bridgehead atoms. The molecule has 0 saturated heterocycles. The van der Waals surface area contributed by atoms with Crippen molar-refractivity contribution < 1.29 is 0 Å². The van der Waals surface area contributed by atoms with Crippen molar-refractivity contribution in [2.75, 3.05) is 0 Å². The van der Waals surface area contributed by atoms with Crippen molar-refractivity contribution in [3.8, 4) is 0 Å². The molecule has 0 aliphatic heterocycles. The Labute approximate surface area is 140 Å². The fourth-order valence-electron chi connectivity index (χ4n) is 1.13. The molecular weight excluding hydrogens is 588 g/mol. The van der Waals surface area contributed by atoms with Crippen LogP contribution in [0.3, 0.4) is 0 Å². The lowest BCUT2D eigenvalue weighted by molar-refractivity contribution is 0.790. The number of benzene rings is 1. The smallest absolute Gasteiger partial charge is 0.0482 e. The van der Waals surface area contributed by atoms with Crippen LogP contribution >= 0.6 is 95.6 Å². The molecule has 0 aliphatic rings. The van der Waals surface area contributed by atoms with Gasteiger partial charge in [-0.05, 0) is 99.1 Å². The van der Waals surface area contributed by atoms with Crippen molar-refractivity contribution in [2.24, 2.45) is 0 Å². The second-order valence-corrected chi connectivity index (χ2v) is 9.36. The number of halogens is 6. The molecule has 0 spiro atoms. The van der Waals surface area contributed by atoms with Crippen LogP contribution in [0.25, 0.3) is 0 Å². The zero-order chi connectivity index (χ0) is 12.0. The lowest BCUT2D eigenvalue weighted by Gasteiger charge is -2.23. The second-order valence-electron chi connectivity index (χ2n) is 3.42. The third kappa shape index (κ3) is 3.11. The SMILES string of the molecule is CC(C)(Br)c1c(Br)c(Br)c(Br)c(Br)c1Br. The molecule has 1 aromatic carbocycles. The third-order valence-electron chi connectivity index (χ3n) is 1.80. The van der Waals surface area contributed by atoms with Gasteiger partial charge < -0.3 is 0 Å². The van der Waals surface area contributed by atoms with Gasteiger partial charge >= 0.3 is 0 Å². The highest BCUT2D eigenvalue weighted by Gasteiger charge is 2.27. The lowest BCUT2D eigenvalue weighted by atomic mass is 10.0. The van der Waals surface area contributed by atoms with E-state index in [0.29, 0.717) is 0 Å². The first-order chi connectivity index (χ1) is 6.68. The van der Waals surface area contributed by atoms with E-state index in [1.54, 1.807) is 0 Å². The van der Waals surface area contributed by atoms with Gasteiger partial charge in [-0.1, -0.05) is 15.9 Å². The first-order valence-corrected chi connectivity index (χ1v) is 8.64. The molecule has 0 N–H and O–H groups in total. The number of alkyl halides is 1. The zero-order valence-electron chi connectivity index (χ0n) is 7.77. The highest BCUT2D eigenvalue weighted by atomic mass is 79.9. The average Bonchev–Trinajstić information content (AvgIpc) is 2.09. The standard InChI is InChI=1S/C9H6Br6/c1-9(2,15)3-4(10)6(12)8(14)7(13)5(3)11/h1-2H3. The normalized spacial score (nSPS) is 12.0. The Morgan fingerprint density at radius 2 is 0.933 bits per heavy atom. The number of rotatable bonds is 1. The lowest BCUT2D eigenvalue weighted by Crippen LogP contribution is -2.10. The Balaban J connectivity index is 3.68. The van der Waals surface area contributed by atoms with Gasteiger partial charge in [0.2, 0.25) is 0 Å². The largest absolute Gasteiger partial charge is 0.0807 e. The van der Waals surface area contributed by atoms with Crippen LogP contribution in [0.5, 0.6) is 0 Å². The molecule has 0 fully saturated rings. The molecule has 0 aliphatic carbocycles. The highest BCUT2D eigenvalue weighted by molar-refractivity contribution is 9.16. The van der Waals surface area contributed by atoms with Gasteiger partial charge in [-0.15, -0.1) is 0 Å². The molecule has 1 aromatic rings. The zero-order valence-corrected chi connectivity index (χ0v) is 17.3. The first-order valence-electron chi connectivity index (χ1n) is 3.88. The second kappa shape index (κ2) is 5.39. The minimum absolute atomic E-state index is 0.115. The predicted molar refractivity (Wildman–Crippen MR) is 86.9 cm³/mol. The van der Waals surface area contributed by atoms with Gasteiger partial charge in [-0.2, -0.15) is 0 Å². The fourth-order valence-corrected chi connectivity index (χ4v) is 6.09. The summed E-state index contributed by atoms with van der Waals surface area (Å²) in [4.78, 5) is 0. The Morgan fingerprint density at radius 3 is 1.20 bits per heavy atom. The van der Waals surface area contributed by atoms with Crippen molar-refractivity contribution in [1.29, 1.82) is 0 Å². The topological polar surface area (TPSA) is 0 Å². The average molecular weight is 594 g/mol. The van der Waals surface area contributed by atoms with E-state index < -0.39 is 0 Å². The molecule has 6 heteroatoms. The molecular formula is C9H6Br6. The summed E-state index contributed by atoms with van der Waals surface area (Å²) >= 11 is 21.4. The molecule has 0 nitrogen and oxygen atoms in total. The van der Waals surface area contributed by atoms with Crippen molar-refractivity contribution in [2.45, 2.75) is 18.2 Å². The van der Waals surface area contributed by atoms with E-state index in [1.807, 2.05) is 0 Å². The van der Waals surface area contributed by atoms with Gasteiger partial charge in [-0.25, -0.2) is 0 Å². The van der Waals surface area contributed by atoms with E-state index in [-0.39, 0.29) is 4.32 Å². The molecule has 15 heavy (non-hydrogen) atoms. The first kappa shape index (κ1) is 15.2. The van der Waals surface area contributed by atoms with Gasteiger partial charge in [0.25, 0.3) is 0 Å². The van der Waals surface area contributed by atoms with Gasteiger partial charge in [0.15, 0.2) is 0 Å².